The van der Waals surface area contributed by atoms with Gasteiger partial charge in [-0.3, -0.25) is 14.5 Å². The smallest absolute Gasteiger partial charge is 0.407 e. The lowest BCUT2D eigenvalue weighted by Crippen LogP contribution is -2.55. The number of benzene rings is 2. The van der Waals surface area contributed by atoms with Crippen molar-refractivity contribution in [3.8, 4) is 16.5 Å². The predicted molar refractivity (Wildman–Crippen MR) is 160 cm³/mol. The maximum Gasteiger partial charge on any atom is 0.407 e. The number of nitrogens with zero attached hydrogens (tertiary/aromatic N) is 2. The van der Waals surface area contributed by atoms with Crippen molar-refractivity contribution in [2.24, 2.45) is 5.41 Å². The van der Waals surface area contributed by atoms with E-state index in [2.05, 4.69) is 10.3 Å². The van der Waals surface area contributed by atoms with E-state index in [9.17, 15) is 19.5 Å². The number of nitrogens with one attached hydrogen (secondary N) is 1. The van der Waals surface area contributed by atoms with Crippen LogP contribution in [0.3, 0.4) is 0 Å². The number of aryl methyl sites for hydroxylation is 1. The molecule has 0 unspecified atom stereocenters. The first-order valence-electron chi connectivity index (χ1n) is 14.3. The van der Waals surface area contributed by atoms with Crippen LogP contribution in [-0.2, 0) is 9.59 Å². The number of rotatable bonds is 14. The molecule has 1 saturated carbocycles. The van der Waals surface area contributed by atoms with Crippen molar-refractivity contribution in [2.75, 3.05) is 13.2 Å². The van der Waals surface area contributed by atoms with Gasteiger partial charge in [-0.15, -0.1) is 0 Å². The molecule has 1 heterocycles. The fourth-order valence-corrected chi connectivity index (χ4v) is 5.84. The molecule has 0 saturated heterocycles. The lowest BCUT2D eigenvalue weighted by Gasteiger charge is -2.45. The van der Waals surface area contributed by atoms with Crippen molar-refractivity contribution >= 4 is 29.1 Å². The molecule has 0 bridgehead atoms. The maximum absolute atomic E-state index is 13.4. The number of hydrogen-bond donors (Lipinski definition) is 2. The minimum atomic E-state index is -1.20. The second-order valence-corrected chi connectivity index (χ2v) is 11.9. The Hall–Kier alpha value is -3.72. The summed E-state index contributed by atoms with van der Waals surface area (Å²) in [5, 5.41) is 15.5. The van der Waals surface area contributed by atoms with E-state index in [1.807, 2.05) is 73.8 Å². The summed E-state index contributed by atoms with van der Waals surface area (Å²) in [6, 6.07) is 16.1. The number of carbonyl (C=O) groups is 3. The quantitative estimate of drug-likeness (QED) is 0.208. The predicted octanol–water partition coefficient (Wildman–Crippen LogP) is 6.65. The summed E-state index contributed by atoms with van der Waals surface area (Å²) in [6.45, 7) is 6.24. The number of ether oxygens (including phenoxy) is 1. The number of aromatic nitrogens is 1. The van der Waals surface area contributed by atoms with Crippen molar-refractivity contribution in [3.63, 3.8) is 0 Å². The van der Waals surface area contributed by atoms with Gasteiger partial charge < -0.3 is 15.2 Å². The van der Waals surface area contributed by atoms with Crippen LogP contribution in [-0.4, -0.2) is 52.0 Å². The monoisotopic (exact) mass is 577 g/mol. The zero-order valence-electron chi connectivity index (χ0n) is 24.0. The fourth-order valence-electron chi connectivity index (χ4n) is 5.16. The molecular formula is C32H39N3O5S. The topological polar surface area (TPSA) is 109 Å². The third-order valence-electron chi connectivity index (χ3n) is 7.88. The standard InChI is InChI=1S/C32H39N3O5S/c1-4-5-12-27(28(36)29(37)33-23(3)24-10-7-6-8-11-24)35(31(38)39)20-32(17-9-18-32)21-40-30-34-26(19-41-30)25-15-13-22(2)14-16-25/h6-8,10-11,13-16,19,23,27H,4-5,9,12,17-18,20-21H2,1-3H3,(H,33,37)(H,38,39)/t23-,27+/m1/s1. The maximum atomic E-state index is 13.4. The van der Waals surface area contributed by atoms with Crippen LogP contribution in [0.1, 0.15) is 69.5 Å². The van der Waals surface area contributed by atoms with Gasteiger partial charge in [0.1, 0.15) is 6.04 Å². The highest BCUT2D eigenvalue weighted by Crippen LogP contribution is 2.43. The summed E-state index contributed by atoms with van der Waals surface area (Å²) in [6.07, 6.45) is 3.00. The average Bonchev–Trinajstić information content (AvgIpc) is 3.43. The molecular weight excluding hydrogens is 538 g/mol. The molecule has 1 aliphatic carbocycles. The van der Waals surface area contributed by atoms with Crippen LogP contribution >= 0.6 is 11.3 Å². The van der Waals surface area contributed by atoms with E-state index in [0.717, 1.165) is 42.5 Å². The van der Waals surface area contributed by atoms with Crippen LogP contribution in [0.15, 0.2) is 60.0 Å². The normalized spacial score (nSPS) is 15.3. The summed E-state index contributed by atoms with van der Waals surface area (Å²) < 4.78 is 6.11. The van der Waals surface area contributed by atoms with Gasteiger partial charge in [0, 0.05) is 22.9 Å². The van der Waals surface area contributed by atoms with Crippen molar-refractivity contribution < 1.29 is 24.2 Å². The molecule has 41 heavy (non-hydrogen) atoms. The highest BCUT2D eigenvalue weighted by atomic mass is 32.1. The Morgan fingerprint density at radius 2 is 1.83 bits per heavy atom. The lowest BCUT2D eigenvalue weighted by molar-refractivity contribution is -0.141. The van der Waals surface area contributed by atoms with Gasteiger partial charge in [0.2, 0.25) is 5.78 Å². The first kappa shape index (κ1) is 30.2. The molecule has 3 aromatic rings. The molecule has 8 nitrogen and oxygen atoms in total. The molecule has 2 N–H and O–H groups in total. The molecule has 218 valence electrons. The Bertz CT molecular complexity index is 1320. The van der Waals surface area contributed by atoms with Gasteiger partial charge in [-0.05, 0) is 38.7 Å². The highest BCUT2D eigenvalue weighted by molar-refractivity contribution is 7.11. The molecule has 0 spiro atoms. The molecule has 1 fully saturated rings. The Morgan fingerprint density at radius 3 is 2.44 bits per heavy atom. The third kappa shape index (κ3) is 7.73. The van der Waals surface area contributed by atoms with E-state index in [1.165, 1.54) is 21.8 Å². The van der Waals surface area contributed by atoms with Crippen molar-refractivity contribution in [1.82, 2.24) is 15.2 Å². The molecule has 9 heteroatoms. The number of Topliss-reactive ketones (excluding diaryl/α,β-unsaturated/α-hetero) is 1. The lowest BCUT2D eigenvalue weighted by atomic mass is 9.69. The van der Waals surface area contributed by atoms with E-state index in [0.29, 0.717) is 18.2 Å². The fraction of sp³-hybridized carbons (Fsp3) is 0.438. The van der Waals surface area contributed by atoms with Crippen molar-refractivity contribution in [3.05, 3.63) is 71.1 Å². The summed E-state index contributed by atoms with van der Waals surface area (Å²) >= 11 is 1.41. The molecule has 1 aromatic heterocycles. The Kier molecular flexibility index (Phi) is 10.2. The first-order valence-corrected chi connectivity index (χ1v) is 15.1. The second kappa shape index (κ2) is 13.8. The molecule has 4 rings (SSSR count). The van der Waals surface area contributed by atoms with Crippen LogP contribution in [0.4, 0.5) is 4.79 Å². The molecule has 1 aliphatic rings. The van der Waals surface area contributed by atoms with E-state index in [1.54, 1.807) is 6.92 Å². The van der Waals surface area contributed by atoms with Gasteiger partial charge in [0.25, 0.3) is 11.1 Å². The molecule has 0 radical (unpaired) electrons. The molecule has 0 aliphatic heterocycles. The number of hydrogen-bond acceptors (Lipinski definition) is 6. The van der Waals surface area contributed by atoms with E-state index in [4.69, 9.17) is 4.74 Å². The van der Waals surface area contributed by atoms with Crippen LogP contribution in [0.25, 0.3) is 11.3 Å². The van der Waals surface area contributed by atoms with Crippen LogP contribution < -0.4 is 10.1 Å². The van der Waals surface area contributed by atoms with Crippen LogP contribution in [0, 0.1) is 12.3 Å². The van der Waals surface area contributed by atoms with Crippen LogP contribution in [0.5, 0.6) is 5.19 Å². The SMILES string of the molecule is CCCC[C@@H](C(=O)C(=O)N[C@H](C)c1ccccc1)N(CC1(COc2nc(-c3ccc(C)cc3)cs2)CCC1)C(=O)O. The van der Waals surface area contributed by atoms with Crippen molar-refractivity contribution in [2.45, 2.75) is 71.4 Å². The van der Waals surface area contributed by atoms with Gasteiger partial charge in [-0.1, -0.05) is 97.7 Å². The molecule has 2 amide bonds. The summed E-state index contributed by atoms with van der Waals surface area (Å²) in [4.78, 5) is 44.8. The zero-order valence-corrected chi connectivity index (χ0v) is 24.8. The number of unbranched alkanes of at least 4 members (excludes halogenated alkanes) is 1. The molecule has 2 atom stereocenters. The average molecular weight is 578 g/mol. The van der Waals surface area contributed by atoms with Gasteiger partial charge in [-0.25, -0.2) is 9.78 Å². The summed E-state index contributed by atoms with van der Waals surface area (Å²) in [5.74, 6) is -1.49. The number of thiazole rings is 1. The van der Waals surface area contributed by atoms with Crippen molar-refractivity contribution in [1.29, 1.82) is 0 Å². The number of carboxylic acid groups (broad SMARTS) is 1. The second-order valence-electron chi connectivity index (χ2n) is 11.0. The largest absolute Gasteiger partial charge is 0.469 e. The highest BCUT2D eigenvalue weighted by Gasteiger charge is 2.44. The van der Waals surface area contributed by atoms with Gasteiger partial charge in [0.15, 0.2) is 0 Å². The molecule has 2 aromatic carbocycles. The minimum absolute atomic E-state index is 0.125. The first-order chi connectivity index (χ1) is 19.7. The van der Waals surface area contributed by atoms with Gasteiger partial charge in [0.05, 0.1) is 18.3 Å². The minimum Gasteiger partial charge on any atom is -0.469 e. The number of carbonyl (C=O) groups excluding carboxylic acids is 2. The summed E-state index contributed by atoms with van der Waals surface area (Å²) in [5.41, 5.74) is 3.45. The number of amides is 2. The Morgan fingerprint density at radius 1 is 1.12 bits per heavy atom. The third-order valence-corrected chi connectivity index (χ3v) is 8.63. The van der Waals surface area contributed by atoms with Gasteiger partial charge in [-0.2, -0.15) is 0 Å². The van der Waals surface area contributed by atoms with Crippen LogP contribution in [0.2, 0.25) is 0 Å². The summed E-state index contributed by atoms with van der Waals surface area (Å²) in [7, 11) is 0. The van der Waals surface area contributed by atoms with E-state index < -0.39 is 29.2 Å². The van der Waals surface area contributed by atoms with Gasteiger partial charge >= 0.3 is 6.09 Å². The van der Waals surface area contributed by atoms with E-state index >= 15 is 0 Å². The van der Waals surface area contributed by atoms with E-state index in [-0.39, 0.29) is 19.0 Å². The Balaban J connectivity index is 1.45. The Labute approximate surface area is 245 Å². The zero-order chi connectivity index (χ0) is 29.4. The number of ketones is 1.